The van der Waals surface area contributed by atoms with Gasteiger partial charge in [-0.1, -0.05) is 40.0 Å². The maximum absolute atomic E-state index is 12.0. The van der Waals surface area contributed by atoms with Crippen molar-refractivity contribution in [1.82, 2.24) is 0 Å². The van der Waals surface area contributed by atoms with Gasteiger partial charge in [-0.2, -0.15) is 30.7 Å². The summed E-state index contributed by atoms with van der Waals surface area (Å²) in [5.41, 5.74) is 0. The summed E-state index contributed by atoms with van der Waals surface area (Å²) in [6, 6.07) is 0. The maximum atomic E-state index is 12.0. The Morgan fingerprint density at radius 3 is 1.12 bits per heavy atom. The largest absolute Gasteiger partial charge is 0.459 e. The van der Waals surface area contributed by atoms with Crippen LogP contribution in [0.4, 0.5) is 30.7 Å². The lowest BCUT2D eigenvalue weighted by Gasteiger charge is -2.26. The molecule has 0 aliphatic rings. The van der Waals surface area contributed by atoms with Crippen molar-refractivity contribution < 1.29 is 30.7 Å². The van der Waals surface area contributed by atoms with E-state index in [1.165, 1.54) is 19.3 Å². The van der Waals surface area contributed by atoms with Crippen LogP contribution in [0, 0.1) is 0 Å². The molecule has 0 aliphatic heterocycles. The Kier molecular flexibility index (Phi) is 7.83. The van der Waals surface area contributed by atoms with Crippen LogP contribution in [0.1, 0.15) is 46.5 Å². The summed E-state index contributed by atoms with van der Waals surface area (Å²) in [4.78, 5) is 0. The van der Waals surface area contributed by atoms with E-state index in [-0.39, 0.29) is 0 Å². The molecule has 0 bridgehead atoms. The molecule has 0 saturated carbocycles. The highest BCUT2D eigenvalue weighted by atomic mass is 19.4. The topological polar surface area (TPSA) is 0 Å². The summed E-state index contributed by atoms with van der Waals surface area (Å²) >= 11 is 0. The van der Waals surface area contributed by atoms with Crippen LogP contribution in [0.15, 0.2) is 0 Å². The van der Waals surface area contributed by atoms with E-state index in [4.69, 9.17) is 0 Å². The van der Waals surface area contributed by atoms with Gasteiger partial charge in [0.15, 0.2) is 0 Å². The summed E-state index contributed by atoms with van der Waals surface area (Å²) in [5.74, 6) is -11.0. The van der Waals surface area contributed by atoms with E-state index < -0.39 is 24.4 Å². The fourth-order valence-electron chi connectivity index (χ4n) is 0.783. The van der Waals surface area contributed by atoms with Crippen LogP contribution in [-0.2, 0) is 0 Å². The molecular weight excluding hydrogens is 253 g/mol. The Bertz CT molecular complexity index is 193. The molecule has 0 rings (SSSR count). The minimum atomic E-state index is -6.20. The summed E-state index contributed by atoms with van der Waals surface area (Å²) in [5, 5.41) is 0. The third-order valence-electron chi connectivity index (χ3n) is 1.97. The van der Waals surface area contributed by atoms with Crippen molar-refractivity contribution in [1.29, 1.82) is 0 Å². The Balaban J connectivity index is 0. The third kappa shape index (κ3) is 5.59. The quantitative estimate of drug-likeness (QED) is 0.598. The van der Waals surface area contributed by atoms with Gasteiger partial charge in [0.25, 0.3) is 0 Å². The summed E-state index contributed by atoms with van der Waals surface area (Å²) in [6.45, 7) is 4.98. The van der Waals surface area contributed by atoms with Gasteiger partial charge in [0.2, 0.25) is 0 Å². The molecule has 0 aliphatic carbocycles. The normalized spacial score (nSPS) is 13.1. The molecule has 0 aromatic heterocycles. The summed E-state index contributed by atoms with van der Waals surface area (Å²) in [6.07, 6.45) is -3.68. The van der Waals surface area contributed by atoms with E-state index in [1.54, 1.807) is 0 Å². The molecule has 0 radical (unpaired) electrons. The van der Waals surface area contributed by atoms with Crippen LogP contribution in [-0.4, -0.2) is 18.0 Å². The Labute approximate surface area is 96.2 Å². The molecule has 0 amide bonds. The second-order valence-electron chi connectivity index (χ2n) is 3.48. The number of halogens is 7. The van der Waals surface area contributed by atoms with E-state index in [2.05, 4.69) is 13.8 Å². The average molecular weight is 270 g/mol. The maximum Gasteiger partial charge on any atom is 0.459 e. The van der Waals surface area contributed by atoms with Crippen LogP contribution >= 0.6 is 0 Å². The number of hydrogen-bond acceptors (Lipinski definition) is 0. The van der Waals surface area contributed by atoms with Crippen molar-refractivity contribution in [2.24, 2.45) is 0 Å². The molecule has 0 N–H and O–H groups in total. The first-order valence-corrected chi connectivity index (χ1v) is 5.30. The smallest absolute Gasteiger partial charge is 0.200 e. The first kappa shape index (κ1) is 18.9. The molecule has 0 aromatic rings. The number of rotatable bonds is 4. The second-order valence-corrected chi connectivity index (χ2v) is 3.48. The van der Waals surface area contributed by atoms with Crippen molar-refractivity contribution in [2.45, 2.75) is 64.5 Å². The molecular formula is C10H17F7. The Morgan fingerprint density at radius 2 is 1.06 bits per heavy atom. The molecule has 0 nitrogen and oxygen atoms in total. The average Bonchev–Trinajstić information content (AvgIpc) is 2.18. The standard InChI is InChI=1S/C5H5F7.C5H12/c1-2-3(6,7)4(8,9)5(10,11)12;1-3-5-4-2/h2H2,1H3;3-5H2,1-2H3. The Hall–Kier alpha value is -0.490. The molecule has 0 heterocycles. The monoisotopic (exact) mass is 270 g/mol. The molecule has 0 atom stereocenters. The van der Waals surface area contributed by atoms with Crippen molar-refractivity contribution >= 4 is 0 Å². The highest BCUT2D eigenvalue weighted by Gasteiger charge is 2.71. The zero-order valence-electron chi connectivity index (χ0n) is 9.97. The molecule has 0 spiro atoms. The van der Waals surface area contributed by atoms with Crippen molar-refractivity contribution in [3.8, 4) is 0 Å². The van der Waals surface area contributed by atoms with Gasteiger partial charge in [-0.25, -0.2) is 0 Å². The van der Waals surface area contributed by atoms with Gasteiger partial charge >= 0.3 is 18.0 Å². The minimum Gasteiger partial charge on any atom is -0.200 e. The third-order valence-corrected chi connectivity index (χ3v) is 1.97. The van der Waals surface area contributed by atoms with E-state index in [0.717, 1.165) is 0 Å². The Morgan fingerprint density at radius 1 is 0.706 bits per heavy atom. The highest BCUT2D eigenvalue weighted by molar-refractivity contribution is 4.89. The first-order valence-electron chi connectivity index (χ1n) is 5.30. The number of hydrogen-bond donors (Lipinski definition) is 0. The van der Waals surface area contributed by atoms with Gasteiger partial charge in [0, 0.05) is 6.42 Å². The first-order chi connectivity index (χ1) is 7.47. The van der Waals surface area contributed by atoms with E-state index in [0.29, 0.717) is 6.92 Å². The minimum absolute atomic E-state index is 0.555. The fourth-order valence-corrected chi connectivity index (χ4v) is 0.783. The van der Waals surface area contributed by atoms with Gasteiger partial charge in [-0.3, -0.25) is 0 Å². The van der Waals surface area contributed by atoms with Crippen LogP contribution in [0.3, 0.4) is 0 Å². The SMILES string of the molecule is CCC(F)(F)C(F)(F)C(F)(F)F.CCCCC. The van der Waals surface area contributed by atoms with Crippen LogP contribution < -0.4 is 0 Å². The van der Waals surface area contributed by atoms with Gasteiger partial charge in [0.05, 0.1) is 0 Å². The zero-order chi connectivity index (χ0) is 14.3. The lowest BCUT2D eigenvalue weighted by Crippen LogP contribution is -2.51. The predicted molar refractivity (Wildman–Crippen MR) is 51.4 cm³/mol. The molecule has 17 heavy (non-hydrogen) atoms. The lowest BCUT2D eigenvalue weighted by molar-refractivity contribution is -0.354. The van der Waals surface area contributed by atoms with Gasteiger partial charge in [-0.15, -0.1) is 0 Å². The molecule has 7 heteroatoms. The van der Waals surface area contributed by atoms with Gasteiger partial charge in [0.1, 0.15) is 0 Å². The molecule has 0 saturated heterocycles. The van der Waals surface area contributed by atoms with Crippen LogP contribution in [0.25, 0.3) is 0 Å². The van der Waals surface area contributed by atoms with Gasteiger partial charge < -0.3 is 0 Å². The molecule has 0 unspecified atom stereocenters. The summed E-state index contributed by atoms with van der Waals surface area (Å²) in [7, 11) is 0. The van der Waals surface area contributed by atoms with Crippen molar-refractivity contribution in [3.63, 3.8) is 0 Å². The predicted octanol–water partition coefficient (Wildman–Crippen LogP) is 5.43. The van der Waals surface area contributed by atoms with E-state index in [1.807, 2.05) is 0 Å². The lowest BCUT2D eigenvalue weighted by atomic mass is 10.1. The van der Waals surface area contributed by atoms with Gasteiger partial charge in [-0.05, 0) is 0 Å². The van der Waals surface area contributed by atoms with Crippen molar-refractivity contribution in [2.75, 3.05) is 0 Å². The fraction of sp³-hybridized carbons (Fsp3) is 1.00. The van der Waals surface area contributed by atoms with E-state index in [9.17, 15) is 30.7 Å². The van der Waals surface area contributed by atoms with Crippen LogP contribution in [0.2, 0.25) is 0 Å². The number of alkyl halides is 7. The highest BCUT2D eigenvalue weighted by Crippen LogP contribution is 2.47. The molecule has 0 aromatic carbocycles. The molecule has 106 valence electrons. The number of unbranched alkanes of at least 4 members (excludes halogenated alkanes) is 2. The van der Waals surface area contributed by atoms with E-state index >= 15 is 0 Å². The zero-order valence-corrected chi connectivity index (χ0v) is 9.97. The molecule has 0 fully saturated rings. The van der Waals surface area contributed by atoms with Crippen molar-refractivity contribution in [3.05, 3.63) is 0 Å². The summed E-state index contributed by atoms with van der Waals surface area (Å²) < 4.78 is 81.4. The second kappa shape index (κ2) is 7.06. The van der Waals surface area contributed by atoms with Crippen LogP contribution in [0.5, 0.6) is 0 Å².